The highest BCUT2D eigenvalue weighted by atomic mass is 32.1. The average molecular weight is 1030 g/mol. The van der Waals surface area contributed by atoms with Gasteiger partial charge in [-0.05, 0) is 38.4 Å². The number of fused-ring (bicyclic) bond motifs is 1. The Kier molecular flexibility index (Phi) is 11.9. The lowest BCUT2D eigenvalue weighted by atomic mass is 9.12. The normalized spacial score (nSPS) is 12.0. The Balaban J connectivity index is 0.000000200. The summed E-state index contributed by atoms with van der Waals surface area (Å²) in [6.45, 7) is 0.901. The maximum Gasteiger partial charge on any atom is 0.226 e. The second kappa shape index (κ2) is 17.5. The molecule has 0 aliphatic carbocycles. The summed E-state index contributed by atoms with van der Waals surface area (Å²) in [6, 6.07) is 28.8. The number of rotatable bonds is 6. The lowest BCUT2D eigenvalue weighted by Gasteiger charge is -2.44. The van der Waals surface area contributed by atoms with Gasteiger partial charge < -0.3 is 0 Å². The van der Waals surface area contributed by atoms with Gasteiger partial charge in [-0.2, -0.15) is 4.57 Å². The van der Waals surface area contributed by atoms with E-state index in [-0.39, 0.29) is 0 Å². The zero-order chi connectivity index (χ0) is 51.4. The Morgan fingerprint density at radius 2 is 0.648 bits per heavy atom. The van der Waals surface area contributed by atoms with Crippen LogP contribution in [0.4, 0.5) is 87.8 Å². The third kappa shape index (κ3) is 6.96. The number of hydrogen-bond acceptors (Lipinski definition) is 1. The summed E-state index contributed by atoms with van der Waals surface area (Å²) in [5.41, 5.74) is -9.40. The van der Waals surface area contributed by atoms with Gasteiger partial charge in [0.25, 0.3) is 0 Å². The Morgan fingerprint density at radius 1 is 0.324 bits per heavy atom. The van der Waals surface area contributed by atoms with Crippen molar-refractivity contribution in [2.75, 3.05) is 0 Å². The van der Waals surface area contributed by atoms with Crippen molar-refractivity contribution in [2.45, 2.75) is 6.54 Å². The monoisotopic (exact) mass is 1030 g/mol. The number of thiazole rings is 1. The summed E-state index contributed by atoms with van der Waals surface area (Å²) in [5, 5.41) is 8.14. The van der Waals surface area contributed by atoms with Gasteiger partial charge in [-0.1, -0.05) is 78.1 Å². The molecule has 1 heterocycles. The van der Waals surface area contributed by atoms with E-state index in [1.54, 1.807) is 0 Å². The van der Waals surface area contributed by atoms with Crippen LogP contribution in [-0.2, 0) is 6.54 Å². The minimum atomic E-state index is -7.22. The standard InChI is InChI=1S/C24BF20.C24H16NS/c26-5-1(6(27)14(35)21(42)13(5)34)25(2-7(28)15(36)22(43)16(37)8(2)29,3-9(30)17(38)23(44)18(39)10(3)31)4-11(32)19(40)24(45)20(41)12(4)33;1-2-7-22-21(6-1)25(15-26-22)14-19-11-10-18-9-8-16-4-3-5-17-12-13-20(19)24(18)23(16)17/h;1-13,15H,14H2/q-1;+1. The van der Waals surface area contributed by atoms with E-state index in [4.69, 9.17) is 0 Å². The summed E-state index contributed by atoms with van der Waals surface area (Å²) >= 11 is 1.81. The van der Waals surface area contributed by atoms with E-state index in [1.807, 2.05) is 11.3 Å². The van der Waals surface area contributed by atoms with Crippen molar-refractivity contribution in [3.05, 3.63) is 206 Å². The van der Waals surface area contributed by atoms with E-state index in [0.29, 0.717) is 0 Å². The summed E-state index contributed by atoms with van der Waals surface area (Å²) in [7, 11) is 0. The molecule has 0 radical (unpaired) electrons. The second-order valence-corrected chi connectivity index (χ2v) is 16.6. The Labute approximate surface area is 386 Å². The molecule has 1 nitrogen and oxygen atoms in total. The molecule has 0 aliphatic rings. The fourth-order valence-corrected chi connectivity index (χ4v) is 9.98. The molecule has 0 spiro atoms. The van der Waals surface area contributed by atoms with Gasteiger partial charge in [0.05, 0.1) is 0 Å². The lowest BCUT2D eigenvalue weighted by molar-refractivity contribution is -0.657. The molecule has 0 saturated carbocycles. The molecule has 0 fully saturated rings. The third-order valence-electron chi connectivity index (χ3n) is 12.1. The Morgan fingerprint density at radius 3 is 1.04 bits per heavy atom. The molecule has 10 rings (SSSR count). The first-order valence-corrected chi connectivity index (χ1v) is 20.7. The number of nitrogens with zero attached hydrogens (tertiary/aromatic N) is 1. The van der Waals surface area contributed by atoms with Crippen LogP contribution in [0.1, 0.15) is 5.56 Å². The summed E-state index contributed by atoms with van der Waals surface area (Å²) in [6.07, 6.45) is -7.22. The highest BCUT2D eigenvalue weighted by Gasteiger charge is 2.52. The SMILES string of the molecule is Fc1c(F)c(F)c([B-](c2c(F)c(F)c(F)c(F)c2F)(c2c(F)c(F)c(F)c(F)c2F)c2c(F)c(F)c(F)c(F)c2F)c(F)c1F.c1cc2ccc3ccc(C[n+]4csc5ccccc54)c4ccc(c1)c2c34. The molecular formula is C48H16BF20NS. The predicted molar refractivity (Wildman–Crippen MR) is 220 cm³/mol. The molecule has 9 aromatic carbocycles. The molecule has 0 amide bonds. The summed E-state index contributed by atoms with van der Waals surface area (Å²) in [5.74, 6) is -71.4. The molecule has 0 aliphatic heterocycles. The quantitative estimate of drug-likeness (QED) is 0.0390. The van der Waals surface area contributed by atoms with E-state index in [1.165, 1.54) is 48.1 Å². The molecule has 362 valence electrons. The predicted octanol–water partition coefficient (Wildman–Crippen LogP) is 12.0. The highest BCUT2D eigenvalue weighted by molar-refractivity contribution is 7.20. The first kappa shape index (κ1) is 48.6. The lowest BCUT2D eigenvalue weighted by Crippen LogP contribution is -2.81. The van der Waals surface area contributed by atoms with E-state index in [2.05, 4.69) is 88.9 Å². The van der Waals surface area contributed by atoms with Gasteiger partial charge in [-0.25, -0.2) is 87.8 Å². The summed E-state index contributed by atoms with van der Waals surface area (Å²) < 4.78 is 298. The molecule has 0 N–H and O–H groups in total. The maximum atomic E-state index is 15.4. The van der Waals surface area contributed by atoms with Crippen molar-refractivity contribution in [3.63, 3.8) is 0 Å². The van der Waals surface area contributed by atoms with Crippen LogP contribution in [0.25, 0.3) is 42.5 Å². The summed E-state index contributed by atoms with van der Waals surface area (Å²) in [4.78, 5) is 0. The number of aromatic nitrogens is 1. The van der Waals surface area contributed by atoms with E-state index in [9.17, 15) is 52.7 Å². The van der Waals surface area contributed by atoms with Gasteiger partial charge in [0, 0.05) is 11.6 Å². The van der Waals surface area contributed by atoms with Gasteiger partial charge in [-0.3, -0.25) is 0 Å². The van der Waals surface area contributed by atoms with E-state index in [0.717, 1.165) is 6.54 Å². The number of hydrogen-bond donors (Lipinski definition) is 0. The maximum absolute atomic E-state index is 15.4. The molecule has 0 atom stereocenters. The van der Waals surface area contributed by atoms with Gasteiger partial charge in [0.15, 0.2) is 76.4 Å². The topological polar surface area (TPSA) is 3.88 Å². The minimum absolute atomic E-state index is 0.901. The highest BCUT2D eigenvalue weighted by Crippen LogP contribution is 2.37. The first-order valence-electron chi connectivity index (χ1n) is 19.8. The Hall–Kier alpha value is -7.43. The van der Waals surface area contributed by atoms with Gasteiger partial charge in [-0.15, -0.1) is 21.9 Å². The fraction of sp³-hybridized carbons (Fsp3) is 0.0208. The minimum Gasteiger partial charge on any atom is -0.207 e. The molecular weight excluding hydrogens is 1010 g/mol. The first-order chi connectivity index (χ1) is 33.6. The van der Waals surface area contributed by atoms with Crippen LogP contribution >= 0.6 is 11.3 Å². The van der Waals surface area contributed by atoms with Crippen molar-refractivity contribution in [1.82, 2.24) is 0 Å². The van der Waals surface area contributed by atoms with Crippen LogP contribution in [0.5, 0.6) is 0 Å². The van der Waals surface area contributed by atoms with Crippen molar-refractivity contribution >= 4 is 81.9 Å². The van der Waals surface area contributed by atoms with E-state index < -0.39 is 144 Å². The van der Waals surface area contributed by atoms with Crippen LogP contribution in [0.2, 0.25) is 0 Å². The van der Waals surface area contributed by atoms with Crippen LogP contribution in [0, 0.1) is 116 Å². The van der Waals surface area contributed by atoms with Gasteiger partial charge >= 0.3 is 0 Å². The second-order valence-electron chi connectivity index (χ2n) is 15.7. The zero-order valence-corrected chi connectivity index (χ0v) is 35.1. The van der Waals surface area contributed by atoms with Crippen LogP contribution in [0.3, 0.4) is 0 Å². The van der Waals surface area contributed by atoms with Crippen molar-refractivity contribution in [3.8, 4) is 0 Å². The molecule has 71 heavy (non-hydrogen) atoms. The van der Waals surface area contributed by atoms with Crippen molar-refractivity contribution in [1.29, 1.82) is 0 Å². The smallest absolute Gasteiger partial charge is 0.207 e. The number of halogens is 20. The fourth-order valence-electron chi connectivity index (χ4n) is 9.09. The van der Waals surface area contributed by atoms with Crippen molar-refractivity contribution < 1.29 is 92.4 Å². The molecule has 10 aromatic rings. The zero-order valence-electron chi connectivity index (χ0n) is 34.3. The molecule has 1 aromatic heterocycles. The molecule has 0 unspecified atom stereocenters. The molecule has 0 saturated heterocycles. The largest absolute Gasteiger partial charge is 0.226 e. The molecule has 23 heteroatoms. The van der Waals surface area contributed by atoms with Gasteiger partial charge in [0.1, 0.15) is 57.4 Å². The third-order valence-corrected chi connectivity index (χ3v) is 13.1. The molecule has 0 bridgehead atoms. The number of benzene rings is 9. The van der Waals surface area contributed by atoms with Crippen molar-refractivity contribution in [2.24, 2.45) is 0 Å². The van der Waals surface area contributed by atoms with Gasteiger partial charge in [0.2, 0.25) is 11.0 Å². The van der Waals surface area contributed by atoms with E-state index >= 15 is 35.1 Å². The number of para-hydroxylation sites is 1. The van der Waals surface area contributed by atoms with Crippen LogP contribution in [0.15, 0.2) is 84.4 Å². The van der Waals surface area contributed by atoms with Crippen LogP contribution in [-0.4, -0.2) is 6.15 Å². The average Bonchev–Trinajstić information content (AvgIpc) is 3.78. The Bertz CT molecular complexity index is 3480. The van der Waals surface area contributed by atoms with Crippen LogP contribution < -0.4 is 26.4 Å².